The summed E-state index contributed by atoms with van der Waals surface area (Å²) in [7, 11) is 0. The Morgan fingerprint density at radius 1 is 0.957 bits per heavy atom. The van der Waals surface area contributed by atoms with Gasteiger partial charge in [-0.1, -0.05) is 92.9 Å². The van der Waals surface area contributed by atoms with Gasteiger partial charge in [-0.3, -0.25) is 0 Å². The minimum absolute atomic E-state index is 0.588. The van der Waals surface area contributed by atoms with Gasteiger partial charge in [0, 0.05) is 4.47 Å². The molecule has 0 nitrogen and oxygen atoms in total. The van der Waals surface area contributed by atoms with Crippen LogP contribution in [0.1, 0.15) is 69.6 Å². The first-order valence-electron chi connectivity index (χ1n) is 9.03. The third-order valence-corrected chi connectivity index (χ3v) is 5.68. The maximum absolute atomic E-state index is 3.94. The molecule has 1 heteroatoms. The Hall–Kier alpha value is -1.08. The molecule has 0 heterocycles. The fourth-order valence-electron chi connectivity index (χ4n) is 3.29. The largest absolute Gasteiger partial charge is 0.0651 e. The molecule has 2 aromatic carbocycles. The van der Waals surface area contributed by atoms with Crippen LogP contribution in [0, 0.1) is 0 Å². The van der Waals surface area contributed by atoms with Crippen molar-refractivity contribution < 1.29 is 0 Å². The fourth-order valence-corrected chi connectivity index (χ4v) is 4.00. The van der Waals surface area contributed by atoms with Crippen molar-refractivity contribution in [1.82, 2.24) is 0 Å². The van der Waals surface area contributed by atoms with Crippen molar-refractivity contribution >= 4 is 15.9 Å². The zero-order chi connectivity index (χ0) is 16.8. The summed E-state index contributed by atoms with van der Waals surface area (Å²) in [5, 5.41) is 0. The van der Waals surface area contributed by atoms with Gasteiger partial charge in [-0.25, -0.2) is 0 Å². The lowest BCUT2D eigenvalue weighted by molar-refractivity contribution is 0.729. The molecule has 0 spiro atoms. The molecule has 0 aromatic heterocycles. The molecule has 0 fully saturated rings. The van der Waals surface area contributed by atoms with Gasteiger partial charge < -0.3 is 0 Å². The van der Waals surface area contributed by atoms with E-state index in [1.165, 1.54) is 51.6 Å². The van der Waals surface area contributed by atoms with Crippen molar-refractivity contribution in [3.63, 3.8) is 0 Å². The topological polar surface area (TPSA) is 0 Å². The molecular formula is C22H29Br. The minimum Gasteiger partial charge on any atom is -0.0651 e. The van der Waals surface area contributed by atoms with Gasteiger partial charge in [-0.15, -0.1) is 0 Å². The second kappa shape index (κ2) is 8.68. The average molecular weight is 373 g/mol. The van der Waals surface area contributed by atoms with Crippen LogP contribution in [0.25, 0.3) is 11.1 Å². The van der Waals surface area contributed by atoms with Crippen LogP contribution < -0.4 is 0 Å². The van der Waals surface area contributed by atoms with Gasteiger partial charge in [-0.05, 0) is 53.0 Å². The highest BCUT2D eigenvalue weighted by Gasteiger charge is 2.19. The van der Waals surface area contributed by atoms with Crippen molar-refractivity contribution in [2.75, 3.05) is 0 Å². The van der Waals surface area contributed by atoms with E-state index >= 15 is 0 Å². The molecule has 0 radical (unpaired) electrons. The maximum atomic E-state index is 3.94. The molecule has 0 aliphatic heterocycles. The Bertz CT molecular complexity index is 628. The van der Waals surface area contributed by atoms with E-state index in [1.807, 2.05) is 0 Å². The van der Waals surface area contributed by atoms with E-state index in [9.17, 15) is 0 Å². The smallest absolute Gasteiger partial charge is 0.0245 e. The molecular weight excluding hydrogens is 344 g/mol. The fraction of sp³-hybridized carbons (Fsp3) is 0.455. The maximum Gasteiger partial charge on any atom is 0.0245 e. The highest BCUT2D eigenvalue weighted by molar-refractivity contribution is 9.10. The van der Waals surface area contributed by atoms with Gasteiger partial charge in [0.25, 0.3) is 0 Å². The van der Waals surface area contributed by atoms with E-state index in [-0.39, 0.29) is 0 Å². The minimum atomic E-state index is 0.588. The predicted octanol–water partition coefficient (Wildman–Crippen LogP) is 7.53. The van der Waals surface area contributed by atoms with Crippen LogP contribution in [0.4, 0.5) is 0 Å². The molecule has 2 aromatic rings. The Balaban J connectivity index is 2.76. The van der Waals surface area contributed by atoms with Crippen LogP contribution in [-0.2, 0) is 12.8 Å². The van der Waals surface area contributed by atoms with E-state index in [2.05, 4.69) is 80.0 Å². The molecule has 0 aliphatic carbocycles. The second-order valence-corrected chi connectivity index (χ2v) is 7.26. The summed E-state index contributed by atoms with van der Waals surface area (Å²) in [6, 6.07) is 13.4. The van der Waals surface area contributed by atoms with Crippen molar-refractivity contribution in [3.05, 3.63) is 57.6 Å². The summed E-state index contributed by atoms with van der Waals surface area (Å²) < 4.78 is 1.34. The predicted molar refractivity (Wildman–Crippen MR) is 106 cm³/mol. The number of aryl methyl sites for hydroxylation is 1. The third kappa shape index (κ3) is 4.07. The summed E-state index contributed by atoms with van der Waals surface area (Å²) in [6.07, 6.45) is 5.82. The van der Waals surface area contributed by atoms with Crippen molar-refractivity contribution in [3.8, 4) is 11.1 Å². The van der Waals surface area contributed by atoms with Gasteiger partial charge in [0.05, 0.1) is 0 Å². The van der Waals surface area contributed by atoms with Gasteiger partial charge in [-0.2, -0.15) is 0 Å². The van der Waals surface area contributed by atoms with Crippen molar-refractivity contribution in [2.24, 2.45) is 0 Å². The summed E-state index contributed by atoms with van der Waals surface area (Å²) in [5.74, 6) is 0.588. The highest BCUT2D eigenvalue weighted by Crippen LogP contribution is 2.40. The van der Waals surface area contributed by atoms with Crippen molar-refractivity contribution in [1.29, 1.82) is 0 Å². The van der Waals surface area contributed by atoms with E-state index < -0.39 is 0 Å². The van der Waals surface area contributed by atoms with Crippen LogP contribution in [0.2, 0.25) is 0 Å². The Labute approximate surface area is 150 Å². The summed E-state index contributed by atoms with van der Waals surface area (Å²) >= 11 is 3.94. The monoisotopic (exact) mass is 372 g/mol. The molecule has 0 saturated heterocycles. The SMILES string of the molecule is CCCc1cc(C(C)CC)c(-c2ccccc2)c(CCC)c1Br. The zero-order valence-electron chi connectivity index (χ0n) is 15.0. The van der Waals surface area contributed by atoms with E-state index in [0.717, 1.165) is 12.8 Å². The number of benzene rings is 2. The van der Waals surface area contributed by atoms with Gasteiger partial charge in [0.15, 0.2) is 0 Å². The molecule has 0 N–H and O–H groups in total. The van der Waals surface area contributed by atoms with Crippen LogP contribution in [0.5, 0.6) is 0 Å². The molecule has 1 unspecified atom stereocenters. The van der Waals surface area contributed by atoms with Crippen LogP contribution in [0.15, 0.2) is 40.9 Å². The molecule has 0 bridgehead atoms. The highest BCUT2D eigenvalue weighted by atomic mass is 79.9. The molecule has 2 rings (SSSR count). The first kappa shape index (κ1) is 18.3. The van der Waals surface area contributed by atoms with Crippen LogP contribution >= 0.6 is 15.9 Å². The average Bonchev–Trinajstić information content (AvgIpc) is 2.58. The molecule has 23 heavy (non-hydrogen) atoms. The quantitative estimate of drug-likeness (QED) is 0.470. The molecule has 124 valence electrons. The molecule has 0 aliphatic rings. The Morgan fingerprint density at radius 3 is 2.17 bits per heavy atom. The first-order valence-corrected chi connectivity index (χ1v) is 9.82. The normalized spacial score (nSPS) is 12.4. The summed E-state index contributed by atoms with van der Waals surface area (Å²) in [5.41, 5.74) is 7.32. The number of hydrogen-bond donors (Lipinski definition) is 0. The van der Waals surface area contributed by atoms with Crippen LogP contribution in [0.3, 0.4) is 0 Å². The lowest BCUT2D eigenvalue weighted by atomic mass is 9.83. The van der Waals surface area contributed by atoms with Gasteiger partial charge in [0.1, 0.15) is 0 Å². The third-order valence-electron chi connectivity index (χ3n) is 4.69. The molecule has 1 atom stereocenters. The molecule has 0 amide bonds. The number of halogens is 1. The lowest BCUT2D eigenvalue weighted by Gasteiger charge is -2.23. The van der Waals surface area contributed by atoms with Gasteiger partial charge >= 0.3 is 0 Å². The summed E-state index contributed by atoms with van der Waals surface area (Å²) in [4.78, 5) is 0. The van der Waals surface area contributed by atoms with Gasteiger partial charge in [0.2, 0.25) is 0 Å². The number of rotatable bonds is 7. The lowest BCUT2D eigenvalue weighted by Crippen LogP contribution is -2.04. The Morgan fingerprint density at radius 2 is 1.61 bits per heavy atom. The second-order valence-electron chi connectivity index (χ2n) is 6.47. The summed E-state index contributed by atoms with van der Waals surface area (Å²) in [6.45, 7) is 9.19. The van der Waals surface area contributed by atoms with Crippen LogP contribution in [-0.4, -0.2) is 0 Å². The van der Waals surface area contributed by atoms with E-state index in [4.69, 9.17) is 0 Å². The standard InChI is InChI=1S/C22H29Br/c1-5-11-18-15-20(16(4)7-3)21(17-13-9-8-10-14-17)19(12-6-2)22(18)23/h8-10,13-16H,5-7,11-12H2,1-4H3. The number of hydrogen-bond acceptors (Lipinski definition) is 0. The Kier molecular flexibility index (Phi) is 6.89. The van der Waals surface area contributed by atoms with E-state index in [1.54, 1.807) is 0 Å². The first-order chi connectivity index (χ1) is 11.1. The van der Waals surface area contributed by atoms with Crippen molar-refractivity contribution in [2.45, 2.75) is 65.7 Å². The molecule has 0 saturated carbocycles. The zero-order valence-corrected chi connectivity index (χ0v) is 16.5. The van der Waals surface area contributed by atoms with E-state index in [0.29, 0.717) is 5.92 Å².